The number of aryl methyl sites for hydroxylation is 2. The maximum atomic E-state index is 11.4. The van der Waals surface area contributed by atoms with Crippen LogP contribution in [-0.4, -0.2) is 22.2 Å². The molecule has 0 amide bonds. The van der Waals surface area contributed by atoms with E-state index in [4.69, 9.17) is 5.73 Å². The summed E-state index contributed by atoms with van der Waals surface area (Å²) in [6.45, 7) is 7.09. The second-order valence-corrected chi connectivity index (χ2v) is 6.06. The van der Waals surface area contributed by atoms with Crippen LogP contribution in [0.3, 0.4) is 0 Å². The Hall–Kier alpha value is -1.56. The van der Waals surface area contributed by atoms with Crippen LogP contribution in [-0.2, 0) is 32.7 Å². The van der Waals surface area contributed by atoms with Crippen LogP contribution in [0.25, 0.3) is 5.73 Å². The van der Waals surface area contributed by atoms with Crippen LogP contribution in [0.15, 0.2) is 24.3 Å². The molecule has 0 saturated heterocycles. The van der Waals surface area contributed by atoms with Gasteiger partial charge in [0.1, 0.15) is 0 Å². The summed E-state index contributed by atoms with van der Waals surface area (Å²) in [4.78, 5) is 22.8. The molecular weight excluding hydrogens is 395 g/mol. The first-order chi connectivity index (χ1) is 11.1. The van der Waals surface area contributed by atoms with Gasteiger partial charge < -0.3 is 15.9 Å². The Morgan fingerprint density at radius 2 is 1.12 bits per heavy atom. The van der Waals surface area contributed by atoms with Crippen molar-refractivity contribution in [3.63, 3.8) is 0 Å². The van der Waals surface area contributed by atoms with Crippen LogP contribution in [0.4, 0.5) is 0 Å². The van der Waals surface area contributed by atoms with Crippen molar-refractivity contribution >= 4 is 11.9 Å². The molecule has 0 saturated carbocycles. The largest absolute Gasteiger partial charge is 0.667 e. The molecule has 2 aromatic carbocycles. The molecule has 0 aliphatic rings. The van der Waals surface area contributed by atoms with E-state index in [0.717, 1.165) is 11.1 Å². The van der Waals surface area contributed by atoms with Crippen molar-refractivity contribution in [2.24, 2.45) is 0 Å². The smallest absolute Gasteiger partial charge is 0.335 e. The van der Waals surface area contributed by atoms with E-state index in [0.29, 0.717) is 22.3 Å². The van der Waals surface area contributed by atoms with Gasteiger partial charge in [0.25, 0.3) is 0 Å². The molecule has 6 heteroatoms. The second kappa shape index (κ2) is 8.22. The number of carboxylic acids is 2. The van der Waals surface area contributed by atoms with Crippen LogP contribution < -0.4 is 0 Å². The van der Waals surface area contributed by atoms with Crippen LogP contribution in [0.1, 0.15) is 60.1 Å². The number of nitrogens with one attached hydrogen (secondary N) is 1. The number of carboxylic acid groups (broad SMARTS) is 2. The van der Waals surface area contributed by atoms with E-state index in [-0.39, 0.29) is 43.8 Å². The third-order valence-electron chi connectivity index (χ3n) is 4.51. The molecule has 0 aromatic heterocycles. The predicted molar refractivity (Wildman–Crippen MR) is 91.9 cm³/mol. The summed E-state index contributed by atoms with van der Waals surface area (Å²) in [5.74, 6) is -2.06. The number of aromatic carboxylic acids is 2. The average molecular weight is 415 g/mol. The second-order valence-electron chi connectivity index (χ2n) is 6.06. The van der Waals surface area contributed by atoms with Gasteiger partial charge in [-0.1, -0.05) is 29.3 Å². The molecular formula is C19H20NO4Y-. The van der Waals surface area contributed by atoms with Gasteiger partial charge in [0.05, 0.1) is 11.1 Å². The molecule has 3 N–H and O–H groups in total. The number of hydrogen-bond donors (Lipinski definition) is 2. The Morgan fingerprint density at radius 3 is 1.40 bits per heavy atom. The zero-order valence-electron chi connectivity index (χ0n) is 14.7. The van der Waals surface area contributed by atoms with E-state index in [2.05, 4.69) is 0 Å². The molecule has 0 spiro atoms. The van der Waals surface area contributed by atoms with Gasteiger partial charge in [0.15, 0.2) is 0 Å². The van der Waals surface area contributed by atoms with E-state index in [9.17, 15) is 19.8 Å². The van der Waals surface area contributed by atoms with Crippen molar-refractivity contribution in [3.8, 4) is 0 Å². The van der Waals surface area contributed by atoms with Crippen LogP contribution >= 0.6 is 0 Å². The standard InChI is InChI=1S/C19H20NO4.Y/c1-9-5-13(7-15(11(9)3)18(21)22)17(20)14-6-10(2)12(4)16(8-14)19(23)24;/h5-8,17,20H,1-4H3,(H,21,22)(H,23,24);/q-1;. The number of hydrogen-bond acceptors (Lipinski definition) is 2. The van der Waals surface area contributed by atoms with E-state index in [1.54, 1.807) is 39.8 Å². The number of benzene rings is 2. The summed E-state index contributed by atoms with van der Waals surface area (Å²) >= 11 is 0. The molecule has 5 nitrogen and oxygen atoms in total. The summed E-state index contributed by atoms with van der Waals surface area (Å²) in [5, 5.41) is 18.7. The summed E-state index contributed by atoms with van der Waals surface area (Å²) in [5.41, 5.74) is 12.8. The molecule has 0 atom stereocenters. The maximum Gasteiger partial charge on any atom is 0.335 e. The van der Waals surface area contributed by atoms with Crippen molar-refractivity contribution in [2.75, 3.05) is 0 Å². The Balaban J connectivity index is 0.00000312. The van der Waals surface area contributed by atoms with Crippen LogP contribution in [0.2, 0.25) is 0 Å². The van der Waals surface area contributed by atoms with Gasteiger partial charge in [-0.15, -0.1) is 0 Å². The first kappa shape index (κ1) is 21.5. The normalized spacial score (nSPS) is 10.5. The SMILES string of the molecule is Cc1cc(C([NH-])c2cc(C)c(C)c(C(=O)O)c2)cc(C(=O)O)c1C.[Y]. The monoisotopic (exact) mass is 415 g/mol. The minimum atomic E-state index is -1.03. The summed E-state index contributed by atoms with van der Waals surface area (Å²) < 4.78 is 0. The molecule has 2 aromatic rings. The number of carbonyl (C=O) groups is 2. The quantitative estimate of drug-likeness (QED) is 0.771. The van der Waals surface area contributed by atoms with E-state index < -0.39 is 18.0 Å². The Morgan fingerprint density at radius 1 is 0.800 bits per heavy atom. The Kier molecular flexibility index (Phi) is 7.06. The van der Waals surface area contributed by atoms with Crippen molar-refractivity contribution in [1.82, 2.24) is 0 Å². The van der Waals surface area contributed by atoms with Crippen molar-refractivity contribution in [2.45, 2.75) is 33.7 Å². The fourth-order valence-corrected chi connectivity index (χ4v) is 2.74. The van der Waals surface area contributed by atoms with Crippen molar-refractivity contribution in [3.05, 3.63) is 74.5 Å². The summed E-state index contributed by atoms with van der Waals surface area (Å²) in [6, 6.07) is 5.72. The Labute approximate surface area is 172 Å². The zero-order chi connectivity index (χ0) is 18.2. The van der Waals surface area contributed by atoms with Crippen molar-refractivity contribution in [1.29, 1.82) is 0 Å². The minimum Gasteiger partial charge on any atom is -0.667 e. The van der Waals surface area contributed by atoms with Crippen molar-refractivity contribution < 1.29 is 52.5 Å². The van der Waals surface area contributed by atoms with Gasteiger partial charge >= 0.3 is 11.9 Å². The summed E-state index contributed by atoms with van der Waals surface area (Å²) in [6.07, 6.45) is 0. The van der Waals surface area contributed by atoms with Crippen LogP contribution in [0, 0.1) is 27.7 Å². The van der Waals surface area contributed by atoms with Gasteiger partial charge in [-0.2, -0.15) is 0 Å². The Bertz CT molecular complexity index is 776. The third kappa shape index (κ3) is 4.35. The zero-order valence-corrected chi connectivity index (χ0v) is 17.5. The molecule has 0 heterocycles. The topological polar surface area (TPSA) is 98.4 Å². The predicted octanol–water partition coefficient (Wildman–Crippen LogP) is 4.46. The molecule has 0 fully saturated rings. The van der Waals surface area contributed by atoms with E-state index in [1.807, 2.05) is 0 Å². The fourth-order valence-electron chi connectivity index (χ4n) is 2.74. The number of rotatable bonds is 4. The van der Waals surface area contributed by atoms with E-state index >= 15 is 0 Å². The summed E-state index contributed by atoms with van der Waals surface area (Å²) in [7, 11) is 0. The van der Waals surface area contributed by atoms with Crippen LogP contribution in [0.5, 0.6) is 0 Å². The molecule has 0 bridgehead atoms. The fraction of sp³-hybridized carbons (Fsp3) is 0.263. The average Bonchev–Trinajstić information content (AvgIpc) is 2.50. The van der Waals surface area contributed by atoms with Gasteiger partial charge in [-0.05, 0) is 62.1 Å². The van der Waals surface area contributed by atoms with E-state index in [1.165, 1.54) is 12.1 Å². The first-order valence-electron chi connectivity index (χ1n) is 7.53. The minimum absolute atomic E-state index is 0. The molecule has 2 rings (SSSR count). The third-order valence-corrected chi connectivity index (χ3v) is 4.51. The molecule has 25 heavy (non-hydrogen) atoms. The van der Waals surface area contributed by atoms with Gasteiger partial charge in [0.2, 0.25) is 0 Å². The first-order valence-corrected chi connectivity index (χ1v) is 7.53. The molecule has 0 aliphatic heterocycles. The maximum absolute atomic E-state index is 11.4. The molecule has 1 radical (unpaired) electrons. The molecule has 0 unspecified atom stereocenters. The molecule has 129 valence electrons. The molecule has 0 aliphatic carbocycles. The van der Waals surface area contributed by atoms with Gasteiger partial charge in [-0.25, -0.2) is 9.59 Å². The van der Waals surface area contributed by atoms with Gasteiger partial charge in [-0.3, -0.25) is 0 Å². The van der Waals surface area contributed by atoms with Gasteiger partial charge in [0, 0.05) is 32.7 Å².